The zero-order chi connectivity index (χ0) is 12.3. The first-order chi connectivity index (χ1) is 8.18. The van der Waals surface area contributed by atoms with Gasteiger partial charge in [-0.25, -0.2) is 0 Å². The van der Waals surface area contributed by atoms with Gasteiger partial charge in [0, 0.05) is 17.8 Å². The molecule has 94 valence electrons. The normalized spacial score (nSPS) is 23.5. The Morgan fingerprint density at radius 2 is 2.12 bits per heavy atom. The first-order valence-electron chi connectivity index (χ1n) is 6.77. The van der Waals surface area contributed by atoms with Crippen molar-refractivity contribution in [1.29, 1.82) is 0 Å². The highest BCUT2D eigenvalue weighted by Crippen LogP contribution is 2.22. The molecule has 1 aromatic rings. The molecule has 2 heteroatoms. The summed E-state index contributed by atoms with van der Waals surface area (Å²) in [6.07, 6.45) is 5.14. The zero-order valence-corrected chi connectivity index (χ0v) is 11.0. The molecular weight excluding hydrogens is 208 g/mol. The minimum Gasteiger partial charge on any atom is -0.399 e. The van der Waals surface area contributed by atoms with E-state index in [4.69, 9.17) is 5.73 Å². The minimum absolute atomic E-state index is 0.593. The second kappa shape index (κ2) is 5.54. The molecule has 2 atom stereocenters. The number of nitrogens with zero attached hydrogens (tertiary/aromatic N) is 1. The van der Waals surface area contributed by atoms with Gasteiger partial charge in [-0.05, 0) is 51.3 Å². The van der Waals surface area contributed by atoms with E-state index in [0.717, 1.165) is 18.2 Å². The van der Waals surface area contributed by atoms with Crippen LogP contribution in [0.2, 0.25) is 0 Å². The van der Waals surface area contributed by atoms with Crippen molar-refractivity contribution < 1.29 is 0 Å². The highest BCUT2D eigenvalue weighted by Gasteiger charge is 2.23. The molecule has 0 bridgehead atoms. The van der Waals surface area contributed by atoms with E-state index in [2.05, 4.69) is 30.9 Å². The zero-order valence-electron chi connectivity index (χ0n) is 11.0. The third kappa shape index (κ3) is 3.01. The van der Waals surface area contributed by atoms with Crippen molar-refractivity contribution in [2.45, 2.75) is 51.6 Å². The van der Waals surface area contributed by atoms with Crippen LogP contribution in [0.5, 0.6) is 0 Å². The molecule has 0 aliphatic carbocycles. The molecule has 2 N–H and O–H groups in total. The highest BCUT2D eigenvalue weighted by atomic mass is 15.2. The molecule has 1 heterocycles. The monoisotopic (exact) mass is 232 g/mol. The Balaban J connectivity index is 2.01. The van der Waals surface area contributed by atoms with Gasteiger partial charge in [0.15, 0.2) is 0 Å². The Morgan fingerprint density at radius 1 is 1.35 bits per heavy atom. The van der Waals surface area contributed by atoms with E-state index in [9.17, 15) is 0 Å². The molecule has 2 rings (SSSR count). The number of likely N-dealkylation sites (tertiary alicyclic amines) is 1. The summed E-state index contributed by atoms with van der Waals surface area (Å²) >= 11 is 0. The summed E-state index contributed by atoms with van der Waals surface area (Å²) in [4.78, 5) is 2.63. The summed E-state index contributed by atoms with van der Waals surface area (Å²) in [7, 11) is 0. The van der Waals surface area contributed by atoms with E-state index in [1.165, 1.54) is 31.4 Å². The van der Waals surface area contributed by atoms with E-state index in [-0.39, 0.29) is 0 Å². The third-order valence-corrected chi connectivity index (χ3v) is 3.99. The maximum absolute atomic E-state index is 6.01. The van der Waals surface area contributed by atoms with Gasteiger partial charge in [-0.2, -0.15) is 0 Å². The Morgan fingerprint density at radius 3 is 2.82 bits per heavy atom. The van der Waals surface area contributed by atoms with Crippen molar-refractivity contribution in [2.24, 2.45) is 0 Å². The first-order valence-corrected chi connectivity index (χ1v) is 6.77. The van der Waals surface area contributed by atoms with Crippen LogP contribution < -0.4 is 5.73 Å². The maximum atomic E-state index is 6.01. The number of anilines is 1. The van der Waals surface area contributed by atoms with Gasteiger partial charge in [0.25, 0.3) is 0 Å². The van der Waals surface area contributed by atoms with Crippen LogP contribution in [0.25, 0.3) is 0 Å². The number of hydrogen-bond donors (Lipinski definition) is 1. The fourth-order valence-electron chi connectivity index (χ4n) is 2.93. The molecule has 0 spiro atoms. The van der Waals surface area contributed by atoms with Crippen molar-refractivity contribution >= 4 is 5.69 Å². The van der Waals surface area contributed by atoms with E-state index in [1.54, 1.807) is 0 Å². The van der Waals surface area contributed by atoms with Gasteiger partial charge in [0.1, 0.15) is 0 Å². The van der Waals surface area contributed by atoms with Gasteiger partial charge in [0.2, 0.25) is 0 Å². The molecule has 1 saturated heterocycles. The van der Waals surface area contributed by atoms with Gasteiger partial charge in [-0.3, -0.25) is 4.90 Å². The summed E-state index contributed by atoms with van der Waals surface area (Å²) in [5.74, 6) is 0. The predicted molar refractivity (Wildman–Crippen MR) is 74.0 cm³/mol. The fourth-order valence-corrected chi connectivity index (χ4v) is 2.93. The molecule has 1 aliphatic rings. The van der Waals surface area contributed by atoms with Crippen molar-refractivity contribution in [2.75, 3.05) is 12.3 Å². The fraction of sp³-hybridized carbons (Fsp3) is 0.600. The summed E-state index contributed by atoms with van der Waals surface area (Å²) < 4.78 is 0. The lowest BCUT2D eigenvalue weighted by molar-refractivity contribution is 0.114. The van der Waals surface area contributed by atoms with Gasteiger partial charge in [-0.15, -0.1) is 0 Å². The second-order valence-electron chi connectivity index (χ2n) is 5.33. The van der Waals surface area contributed by atoms with Gasteiger partial charge < -0.3 is 5.73 Å². The van der Waals surface area contributed by atoms with E-state index >= 15 is 0 Å². The number of hydrogen-bond acceptors (Lipinski definition) is 2. The number of para-hydroxylation sites is 1. The Bertz CT molecular complexity index is 362. The molecular formula is C15H24N2. The number of piperidine rings is 1. The largest absolute Gasteiger partial charge is 0.399 e. The number of rotatable bonds is 3. The number of nitrogens with two attached hydrogens (primary N) is 1. The lowest BCUT2D eigenvalue weighted by Crippen LogP contribution is -2.44. The van der Waals surface area contributed by atoms with E-state index in [1.807, 2.05) is 12.1 Å². The molecule has 0 amide bonds. The lowest BCUT2D eigenvalue weighted by atomic mass is 9.98. The molecule has 1 aromatic carbocycles. The highest BCUT2D eigenvalue weighted by molar-refractivity contribution is 5.46. The summed E-state index contributed by atoms with van der Waals surface area (Å²) in [5.41, 5.74) is 8.24. The average Bonchev–Trinajstić information content (AvgIpc) is 2.32. The quantitative estimate of drug-likeness (QED) is 0.812. The first kappa shape index (κ1) is 12.4. The van der Waals surface area contributed by atoms with Crippen LogP contribution in [-0.2, 0) is 6.42 Å². The van der Waals surface area contributed by atoms with E-state index in [0.29, 0.717) is 6.04 Å². The van der Waals surface area contributed by atoms with Crippen molar-refractivity contribution in [3.8, 4) is 0 Å². The smallest absolute Gasteiger partial charge is 0.0347 e. The van der Waals surface area contributed by atoms with Crippen LogP contribution in [0.1, 0.15) is 38.7 Å². The molecule has 1 aliphatic heterocycles. The Kier molecular flexibility index (Phi) is 4.06. The number of benzene rings is 1. The van der Waals surface area contributed by atoms with Gasteiger partial charge >= 0.3 is 0 Å². The lowest BCUT2D eigenvalue weighted by Gasteiger charge is -2.38. The van der Waals surface area contributed by atoms with E-state index < -0.39 is 0 Å². The molecule has 17 heavy (non-hydrogen) atoms. The molecule has 0 saturated carbocycles. The SMILES string of the molecule is CC1CCCCN1C(C)Cc1ccccc1N. The van der Waals surface area contributed by atoms with Gasteiger partial charge in [-0.1, -0.05) is 24.6 Å². The topological polar surface area (TPSA) is 29.3 Å². The summed E-state index contributed by atoms with van der Waals surface area (Å²) in [6, 6.07) is 9.56. The molecule has 0 radical (unpaired) electrons. The summed E-state index contributed by atoms with van der Waals surface area (Å²) in [6.45, 7) is 5.92. The molecule has 0 aromatic heterocycles. The van der Waals surface area contributed by atoms with Crippen molar-refractivity contribution in [3.05, 3.63) is 29.8 Å². The van der Waals surface area contributed by atoms with Crippen LogP contribution in [0.3, 0.4) is 0 Å². The Hall–Kier alpha value is -1.02. The molecule has 1 fully saturated rings. The van der Waals surface area contributed by atoms with Crippen LogP contribution in [-0.4, -0.2) is 23.5 Å². The van der Waals surface area contributed by atoms with Crippen LogP contribution >= 0.6 is 0 Å². The minimum atomic E-state index is 0.593. The standard InChI is InChI=1S/C15H24N2/c1-12-7-5-6-10-17(12)13(2)11-14-8-3-4-9-15(14)16/h3-4,8-9,12-13H,5-7,10-11,16H2,1-2H3. The van der Waals surface area contributed by atoms with Crippen LogP contribution in [0.4, 0.5) is 5.69 Å². The molecule has 2 nitrogen and oxygen atoms in total. The third-order valence-electron chi connectivity index (χ3n) is 3.99. The maximum Gasteiger partial charge on any atom is 0.0347 e. The van der Waals surface area contributed by atoms with Crippen LogP contribution in [0.15, 0.2) is 24.3 Å². The second-order valence-corrected chi connectivity index (χ2v) is 5.33. The van der Waals surface area contributed by atoms with Crippen molar-refractivity contribution in [3.63, 3.8) is 0 Å². The molecule has 2 unspecified atom stereocenters. The van der Waals surface area contributed by atoms with Crippen molar-refractivity contribution in [1.82, 2.24) is 4.90 Å². The number of nitrogen functional groups attached to an aromatic ring is 1. The average molecular weight is 232 g/mol. The van der Waals surface area contributed by atoms with Gasteiger partial charge in [0.05, 0.1) is 0 Å². The predicted octanol–water partition coefficient (Wildman–Crippen LogP) is 3.07. The summed E-state index contributed by atoms with van der Waals surface area (Å²) in [5, 5.41) is 0. The van der Waals surface area contributed by atoms with Crippen LogP contribution in [0, 0.1) is 0 Å². The Labute approximate surface area is 105 Å².